The minimum absolute atomic E-state index is 0.859. The molecular weight excluding hydrogens is 663 g/mol. The van der Waals surface area contributed by atoms with Gasteiger partial charge in [-0.3, -0.25) is 4.57 Å². The van der Waals surface area contributed by atoms with Crippen molar-refractivity contribution in [1.82, 2.24) is 14.1 Å². The quantitative estimate of drug-likeness (QED) is 0.185. The van der Waals surface area contributed by atoms with Gasteiger partial charge in [-0.15, -0.1) is 0 Å². The highest BCUT2D eigenvalue weighted by Crippen LogP contribution is 2.40. The summed E-state index contributed by atoms with van der Waals surface area (Å²) in [6, 6.07) is 62.0. The summed E-state index contributed by atoms with van der Waals surface area (Å²) in [5, 5.41) is 6.68. The Bertz CT molecular complexity index is 3440. The lowest BCUT2D eigenvalue weighted by Crippen LogP contribution is -1.99. The number of imidazole rings is 1. The van der Waals surface area contributed by atoms with Gasteiger partial charge in [0.2, 0.25) is 0 Å². The second-order valence-electron chi connectivity index (χ2n) is 14.0. The molecule has 12 aromatic rings. The number of aromatic nitrogens is 3. The first-order valence-electron chi connectivity index (χ1n) is 18.2. The van der Waals surface area contributed by atoms with Crippen LogP contribution in [-0.2, 0) is 0 Å². The van der Waals surface area contributed by atoms with E-state index in [9.17, 15) is 0 Å². The lowest BCUT2D eigenvalue weighted by Gasteiger charge is -2.12. The van der Waals surface area contributed by atoms with E-state index in [1.165, 1.54) is 10.8 Å². The topological polar surface area (TPSA) is 49.0 Å². The Morgan fingerprint density at radius 2 is 0.944 bits per heavy atom. The van der Waals surface area contributed by atoms with Gasteiger partial charge in [-0.05, 0) is 83.9 Å². The van der Waals surface area contributed by atoms with Crippen LogP contribution in [0.2, 0.25) is 0 Å². The van der Waals surface area contributed by atoms with Gasteiger partial charge in [0.05, 0.1) is 22.1 Å². The fourth-order valence-corrected chi connectivity index (χ4v) is 8.42. The molecule has 0 aliphatic rings. The van der Waals surface area contributed by atoms with Crippen LogP contribution in [0.25, 0.3) is 111 Å². The van der Waals surface area contributed by atoms with Crippen molar-refractivity contribution in [3.8, 4) is 33.9 Å². The molecule has 0 radical (unpaired) electrons. The van der Waals surface area contributed by atoms with Crippen LogP contribution in [0.3, 0.4) is 0 Å². The monoisotopic (exact) mass is 691 g/mol. The summed E-state index contributed by atoms with van der Waals surface area (Å²) in [7, 11) is 0. The third-order valence-corrected chi connectivity index (χ3v) is 10.9. The predicted molar refractivity (Wildman–Crippen MR) is 221 cm³/mol. The smallest absolute Gasteiger partial charge is 0.145 e. The summed E-state index contributed by atoms with van der Waals surface area (Å²) in [5.74, 6) is 0.920. The molecule has 5 heteroatoms. The summed E-state index contributed by atoms with van der Waals surface area (Å²) < 4.78 is 17.3. The molecule has 0 spiro atoms. The van der Waals surface area contributed by atoms with E-state index in [1.54, 1.807) is 0 Å². The zero-order valence-corrected chi connectivity index (χ0v) is 28.9. The number of nitrogens with zero attached hydrogens (tertiary/aromatic N) is 3. The zero-order valence-electron chi connectivity index (χ0n) is 28.9. The average molecular weight is 692 g/mol. The van der Waals surface area contributed by atoms with Gasteiger partial charge in [-0.2, -0.15) is 0 Å². The second-order valence-corrected chi connectivity index (χ2v) is 14.0. The van der Waals surface area contributed by atoms with Gasteiger partial charge in [0.1, 0.15) is 28.2 Å². The van der Waals surface area contributed by atoms with Crippen LogP contribution >= 0.6 is 0 Å². The third-order valence-electron chi connectivity index (χ3n) is 10.9. The molecule has 12 rings (SSSR count). The van der Waals surface area contributed by atoms with Gasteiger partial charge < -0.3 is 13.4 Å². The maximum absolute atomic E-state index is 6.41. The molecule has 0 bridgehead atoms. The minimum Gasteiger partial charge on any atom is -0.456 e. The van der Waals surface area contributed by atoms with Crippen molar-refractivity contribution in [2.75, 3.05) is 0 Å². The molecule has 0 saturated heterocycles. The van der Waals surface area contributed by atoms with E-state index in [1.807, 2.05) is 24.3 Å². The third kappa shape index (κ3) is 4.24. The molecule has 0 amide bonds. The first kappa shape index (κ1) is 29.2. The Morgan fingerprint density at radius 1 is 0.333 bits per heavy atom. The van der Waals surface area contributed by atoms with Crippen molar-refractivity contribution in [1.29, 1.82) is 0 Å². The Balaban J connectivity index is 1.06. The Morgan fingerprint density at radius 3 is 1.78 bits per heavy atom. The second kappa shape index (κ2) is 11.1. The minimum atomic E-state index is 0.859. The molecule has 0 unspecified atom stereocenters. The number of hydrogen-bond donors (Lipinski definition) is 0. The van der Waals surface area contributed by atoms with Gasteiger partial charge >= 0.3 is 0 Å². The van der Waals surface area contributed by atoms with E-state index in [0.29, 0.717) is 0 Å². The van der Waals surface area contributed by atoms with E-state index in [4.69, 9.17) is 13.8 Å². The number of rotatable bonds is 4. The number of hydrogen-bond acceptors (Lipinski definition) is 3. The Hall–Kier alpha value is -7.37. The zero-order chi connectivity index (χ0) is 35.3. The maximum Gasteiger partial charge on any atom is 0.145 e. The van der Waals surface area contributed by atoms with E-state index in [0.717, 1.165) is 99.8 Å². The lowest BCUT2D eigenvalue weighted by molar-refractivity contribution is 0.664. The van der Waals surface area contributed by atoms with Crippen LogP contribution in [0.15, 0.2) is 185 Å². The standard InChI is InChI=1S/C49H29N3O2/c1-3-11-30(12-4-1)49-50-41-16-8-9-17-42(41)52(49)34-21-23-36-35-22-19-32(26-43(35)51(44(36)27-34)33-13-5-2-6-14-33)31-20-24-46-38(25-31)40-29-47-39(28-48(40)54-46)37-15-7-10-18-45(37)53-47/h1-29H. The van der Waals surface area contributed by atoms with Crippen molar-refractivity contribution in [2.45, 2.75) is 0 Å². The molecule has 252 valence electrons. The summed E-state index contributed by atoms with van der Waals surface area (Å²) in [4.78, 5) is 5.11. The molecular formula is C49H29N3O2. The molecule has 8 aromatic carbocycles. The molecule has 0 fully saturated rings. The van der Waals surface area contributed by atoms with Gasteiger partial charge in [0.15, 0.2) is 0 Å². The molecule has 0 aliphatic heterocycles. The first-order chi connectivity index (χ1) is 26.7. The lowest BCUT2D eigenvalue weighted by atomic mass is 10.0. The predicted octanol–water partition coefficient (Wildman–Crippen LogP) is 13.3. The molecule has 0 N–H and O–H groups in total. The van der Waals surface area contributed by atoms with Gasteiger partial charge in [0, 0.05) is 49.3 Å². The van der Waals surface area contributed by atoms with E-state index >= 15 is 0 Å². The Kier molecular flexibility index (Phi) is 5.99. The van der Waals surface area contributed by atoms with Crippen molar-refractivity contribution in [2.24, 2.45) is 0 Å². The van der Waals surface area contributed by atoms with Crippen LogP contribution in [0, 0.1) is 0 Å². The molecule has 0 saturated carbocycles. The average Bonchev–Trinajstić information content (AvgIpc) is 3.98. The molecule has 4 heterocycles. The highest BCUT2D eigenvalue weighted by molar-refractivity contribution is 6.16. The van der Waals surface area contributed by atoms with Crippen molar-refractivity contribution < 1.29 is 8.83 Å². The van der Waals surface area contributed by atoms with Crippen LogP contribution in [0.4, 0.5) is 0 Å². The van der Waals surface area contributed by atoms with E-state index < -0.39 is 0 Å². The number of fused-ring (bicyclic) bond motifs is 10. The number of furan rings is 2. The largest absolute Gasteiger partial charge is 0.456 e. The number of para-hydroxylation sites is 4. The summed E-state index contributed by atoms with van der Waals surface area (Å²) >= 11 is 0. The fourth-order valence-electron chi connectivity index (χ4n) is 8.42. The highest BCUT2D eigenvalue weighted by Gasteiger charge is 2.19. The van der Waals surface area contributed by atoms with Crippen LogP contribution in [-0.4, -0.2) is 14.1 Å². The molecule has 4 aromatic heterocycles. The summed E-state index contributed by atoms with van der Waals surface area (Å²) in [6.07, 6.45) is 0. The van der Waals surface area contributed by atoms with Gasteiger partial charge in [-0.25, -0.2) is 4.98 Å². The molecule has 5 nitrogen and oxygen atoms in total. The van der Waals surface area contributed by atoms with E-state index in [-0.39, 0.29) is 0 Å². The SMILES string of the molecule is c1ccc(-c2nc3ccccc3n2-c2ccc3c4ccc(-c5ccc6oc7cc8c(cc7c6c5)oc5ccccc58)cc4n(-c4ccccc4)c3c2)cc1. The number of benzene rings is 8. The van der Waals surface area contributed by atoms with Crippen LogP contribution < -0.4 is 0 Å². The molecule has 54 heavy (non-hydrogen) atoms. The van der Waals surface area contributed by atoms with Crippen LogP contribution in [0.5, 0.6) is 0 Å². The van der Waals surface area contributed by atoms with Crippen molar-refractivity contribution in [3.05, 3.63) is 176 Å². The summed E-state index contributed by atoms with van der Waals surface area (Å²) in [6.45, 7) is 0. The first-order valence-corrected chi connectivity index (χ1v) is 18.2. The Labute approximate surface area is 308 Å². The normalized spacial score (nSPS) is 12.1. The highest BCUT2D eigenvalue weighted by atomic mass is 16.3. The maximum atomic E-state index is 6.41. The molecule has 0 aliphatic carbocycles. The molecule has 0 atom stereocenters. The van der Waals surface area contributed by atoms with Gasteiger partial charge in [0.25, 0.3) is 0 Å². The van der Waals surface area contributed by atoms with Crippen molar-refractivity contribution in [3.63, 3.8) is 0 Å². The fraction of sp³-hybridized carbons (Fsp3) is 0. The van der Waals surface area contributed by atoms with Gasteiger partial charge in [-0.1, -0.05) is 103 Å². The van der Waals surface area contributed by atoms with E-state index in [2.05, 4.69) is 161 Å². The van der Waals surface area contributed by atoms with Crippen molar-refractivity contribution >= 4 is 76.7 Å². The summed E-state index contributed by atoms with van der Waals surface area (Å²) in [5.41, 5.74) is 13.3. The van der Waals surface area contributed by atoms with Crippen LogP contribution in [0.1, 0.15) is 0 Å².